The maximum atomic E-state index is 12.9. The predicted molar refractivity (Wildman–Crippen MR) is 88.4 cm³/mol. The number of rotatable bonds is 4. The average Bonchev–Trinajstić information content (AvgIpc) is 2.62. The molecule has 2 aromatic carbocycles. The number of aromatic nitrogens is 2. The van der Waals surface area contributed by atoms with E-state index in [0.29, 0.717) is 22.8 Å². The van der Waals surface area contributed by atoms with Crippen LogP contribution in [0.15, 0.2) is 60.7 Å². The first-order valence-electron chi connectivity index (χ1n) is 7.21. The number of hydrogen-bond donors (Lipinski definition) is 1. The SMILES string of the molecule is COc1ccc(-c2cccc(NC(=O)c3ccc(F)cc3)c2)nn1. The van der Waals surface area contributed by atoms with Gasteiger partial charge in [-0.25, -0.2) is 4.39 Å². The van der Waals surface area contributed by atoms with Crippen LogP contribution in [-0.2, 0) is 0 Å². The Labute approximate surface area is 138 Å². The number of carbonyl (C=O) groups is 1. The second kappa shape index (κ2) is 6.87. The first kappa shape index (κ1) is 15.6. The Bertz CT molecular complexity index is 849. The number of methoxy groups -OCH3 is 1. The van der Waals surface area contributed by atoms with E-state index in [4.69, 9.17) is 4.74 Å². The van der Waals surface area contributed by atoms with Crippen molar-refractivity contribution in [1.29, 1.82) is 0 Å². The fourth-order valence-corrected chi connectivity index (χ4v) is 2.14. The molecule has 0 saturated carbocycles. The minimum atomic E-state index is -0.383. The van der Waals surface area contributed by atoms with Crippen LogP contribution in [0.5, 0.6) is 5.88 Å². The molecular formula is C18H14FN3O2. The second-order valence-corrected chi connectivity index (χ2v) is 5.00. The standard InChI is InChI=1S/C18H14FN3O2/c1-24-17-10-9-16(21-22-17)13-3-2-4-15(11-13)20-18(23)12-5-7-14(19)8-6-12/h2-11H,1H3,(H,20,23). The van der Waals surface area contributed by atoms with Crippen molar-refractivity contribution < 1.29 is 13.9 Å². The zero-order valence-corrected chi connectivity index (χ0v) is 12.9. The summed E-state index contributed by atoms with van der Waals surface area (Å²) >= 11 is 0. The monoisotopic (exact) mass is 323 g/mol. The van der Waals surface area contributed by atoms with Gasteiger partial charge < -0.3 is 10.1 Å². The van der Waals surface area contributed by atoms with Gasteiger partial charge in [-0.1, -0.05) is 12.1 Å². The molecule has 3 rings (SSSR count). The molecule has 1 heterocycles. The first-order valence-corrected chi connectivity index (χ1v) is 7.21. The molecule has 0 aliphatic heterocycles. The van der Waals surface area contributed by atoms with Gasteiger partial charge in [0.1, 0.15) is 5.82 Å². The fourth-order valence-electron chi connectivity index (χ4n) is 2.14. The molecule has 120 valence electrons. The van der Waals surface area contributed by atoms with Crippen LogP contribution in [-0.4, -0.2) is 23.2 Å². The number of hydrogen-bond acceptors (Lipinski definition) is 4. The molecule has 1 aromatic heterocycles. The quantitative estimate of drug-likeness (QED) is 0.797. The van der Waals surface area contributed by atoms with Gasteiger partial charge >= 0.3 is 0 Å². The third-order valence-electron chi connectivity index (χ3n) is 3.37. The molecule has 0 radical (unpaired) electrons. The lowest BCUT2D eigenvalue weighted by Crippen LogP contribution is -2.11. The smallest absolute Gasteiger partial charge is 0.255 e. The van der Waals surface area contributed by atoms with Gasteiger partial charge in [-0.2, -0.15) is 0 Å². The lowest BCUT2D eigenvalue weighted by molar-refractivity contribution is 0.102. The normalized spacial score (nSPS) is 10.2. The van der Waals surface area contributed by atoms with Gasteiger partial charge in [0, 0.05) is 22.9 Å². The van der Waals surface area contributed by atoms with Crippen LogP contribution in [0.2, 0.25) is 0 Å². The second-order valence-electron chi connectivity index (χ2n) is 5.00. The van der Waals surface area contributed by atoms with Crippen molar-refractivity contribution >= 4 is 11.6 Å². The van der Waals surface area contributed by atoms with Gasteiger partial charge in [0.15, 0.2) is 0 Å². The maximum Gasteiger partial charge on any atom is 0.255 e. The molecule has 1 N–H and O–H groups in total. The molecule has 0 aliphatic rings. The van der Waals surface area contributed by atoms with Gasteiger partial charge in [-0.05, 0) is 42.5 Å². The molecule has 6 heteroatoms. The molecule has 1 amide bonds. The molecule has 0 aliphatic carbocycles. The summed E-state index contributed by atoms with van der Waals surface area (Å²) in [5.41, 5.74) is 2.46. The van der Waals surface area contributed by atoms with Gasteiger partial charge in [-0.3, -0.25) is 4.79 Å². The van der Waals surface area contributed by atoms with Crippen LogP contribution in [0.1, 0.15) is 10.4 Å². The van der Waals surface area contributed by atoms with Gasteiger partial charge in [0.2, 0.25) is 5.88 Å². The van der Waals surface area contributed by atoms with Gasteiger partial charge in [-0.15, -0.1) is 10.2 Å². The van der Waals surface area contributed by atoms with E-state index in [1.54, 1.807) is 24.3 Å². The number of anilines is 1. The highest BCUT2D eigenvalue weighted by Gasteiger charge is 2.08. The summed E-state index contributed by atoms with van der Waals surface area (Å²) in [7, 11) is 1.52. The van der Waals surface area contributed by atoms with Crippen LogP contribution in [0.4, 0.5) is 10.1 Å². The summed E-state index contributed by atoms with van der Waals surface area (Å²) in [5.74, 6) is -0.265. The summed E-state index contributed by atoms with van der Waals surface area (Å²) in [4.78, 5) is 12.2. The van der Waals surface area contributed by atoms with E-state index in [9.17, 15) is 9.18 Å². The van der Waals surface area contributed by atoms with E-state index >= 15 is 0 Å². The van der Waals surface area contributed by atoms with E-state index in [0.717, 1.165) is 5.56 Å². The number of nitrogens with zero attached hydrogens (tertiary/aromatic N) is 2. The number of nitrogens with one attached hydrogen (secondary N) is 1. The number of ether oxygens (including phenoxy) is 1. The van der Waals surface area contributed by atoms with E-state index in [2.05, 4.69) is 15.5 Å². The molecule has 0 spiro atoms. The van der Waals surface area contributed by atoms with Crippen LogP contribution in [0.25, 0.3) is 11.3 Å². The fraction of sp³-hybridized carbons (Fsp3) is 0.0556. The van der Waals surface area contributed by atoms with Crippen LogP contribution >= 0.6 is 0 Å². The van der Waals surface area contributed by atoms with Crippen molar-refractivity contribution in [1.82, 2.24) is 10.2 Å². The van der Waals surface area contributed by atoms with E-state index < -0.39 is 0 Å². The van der Waals surface area contributed by atoms with Crippen LogP contribution in [0, 0.1) is 5.82 Å². The van der Waals surface area contributed by atoms with Crippen molar-refractivity contribution in [2.75, 3.05) is 12.4 Å². The summed E-state index contributed by atoms with van der Waals surface area (Å²) in [6, 6.07) is 16.1. The Hall–Kier alpha value is -3.28. The number of benzene rings is 2. The maximum absolute atomic E-state index is 12.9. The zero-order chi connectivity index (χ0) is 16.9. The number of carbonyl (C=O) groups excluding carboxylic acids is 1. The lowest BCUT2D eigenvalue weighted by Gasteiger charge is -2.07. The van der Waals surface area contributed by atoms with Crippen LogP contribution < -0.4 is 10.1 Å². The molecule has 0 bridgehead atoms. The lowest BCUT2D eigenvalue weighted by atomic mass is 10.1. The largest absolute Gasteiger partial charge is 0.480 e. The molecule has 0 atom stereocenters. The Morgan fingerprint density at radius 1 is 1.04 bits per heavy atom. The Morgan fingerprint density at radius 3 is 2.50 bits per heavy atom. The first-order chi connectivity index (χ1) is 11.7. The zero-order valence-electron chi connectivity index (χ0n) is 12.9. The third kappa shape index (κ3) is 3.55. The van der Waals surface area contributed by atoms with E-state index in [1.807, 2.05) is 12.1 Å². The molecule has 0 unspecified atom stereocenters. The Kier molecular flexibility index (Phi) is 4.47. The van der Waals surface area contributed by atoms with Crippen molar-refractivity contribution in [2.45, 2.75) is 0 Å². The molecule has 24 heavy (non-hydrogen) atoms. The summed E-state index contributed by atoms with van der Waals surface area (Å²) < 4.78 is 17.9. The molecule has 3 aromatic rings. The third-order valence-corrected chi connectivity index (χ3v) is 3.37. The minimum absolute atomic E-state index is 0.312. The van der Waals surface area contributed by atoms with E-state index in [-0.39, 0.29) is 11.7 Å². The Morgan fingerprint density at radius 2 is 1.83 bits per heavy atom. The minimum Gasteiger partial charge on any atom is -0.480 e. The van der Waals surface area contributed by atoms with Crippen molar-refractivity contribution in [2.24, 2.45) is 0 Å². The topological polar surface area (TPSA) is 64.1 Å². The summed E-state index contributed by atoms with van der Waals surface area (Å²) in [5, 5.41) is 10.8. The Balaban J connectivity index is 1.79. The summed E-state index contributed by atoms with van der Waals surface area (Å²) in [6.45, 7) is 0. The summed E-state index contributed by atoms with van der Waals surface area (Å²) in [6.07, 6.45) is 0. The van der Waals surface area contributed by atoms with Crippen molar-refractivity contribution in [3.05, 3.63) is 72.0 Å². The van der Waals surface area contributed by atoms with Crippen molar-refractivity contribution in [3.8, 4) is 17.1 Å². The van der Waals surface area contributed by atoms with Crippen molar-refractivity contribution in [3.63, 3.8) is 0 Å². The van der Waals surface area contributed by atoms with Gasteiger partial charge in [0.05, 0.1) is 12.8 Å². The molecular weight excluding hydrogens is 309 g/mol. The highest BCUT2D eigenvalue weighted by atomic mass is 19.1. The van der Waals surface area contributed by atoms with Gasteiger partial charge in [0.25, 0.3) is 5.91 Å². The highest BCUT2D eigenvalue weighted by Crippen LogP contribution is 2.21. The predicted octanol–water partition coefficient (Wildman–Crippen LogP) is 3.54. The number of halogens is 1. The molecule has 0 saturated heterocycles. The highest BCUT2D eigenvalue weighted by molar-refractivity contribution is 6.04. The molecule has 5 nitrogen and oxygen atoms in total. The average molecular weight is 323 g/mol. The van der Waals surface area contributed by atoms with Crippen LogP contribution in [0.3, 0.4) is 0 Å². The van der Waals surface area contributed by atoms with E-state index in [1.165, 1.54) is 31.4 Å². The number of amides is 1. The molecule has 0 fully saturated rings.